The third-order valence-electron chi connectivity index (χ3n) is 1.18. The van der Waals surface area contributed by atoms with E-state index in [0.29, 0.717) is 12.1 Å². The van der Waals surface area contributed by atoms with Crippen molar-refractivity contribution in [3.8, 4) is 0 Å². The summed E-state index contributed by atoms with van der Waals surface area (Å²) < 4.78 is 0. The maximum absolute atomic E-state index is 7.32. The summed E-state index contributed by atoms with van der Waals surface area (Å²) in [6.07, 6.45) is 5.66. The van der Waals surface area contributed by atoms with Gasteiger partial charge in [0.05, 0.1) is 0 Å². The van der Waals surface area contributed by atoms with Crippen molar-refractivity contribution in [1.82, 2.24) is 0 Å². The first-order chi connectivity index (χ1) is 4.34. The summed E-state index contributed by atoms with van der Waals surface area (Å²) in [5.41, 5.74) is 1.43. The molecule has 0 saturated carbocycles. The van der Waals surface area contributed by atoms with Crippen LogP contribution >= 0.6 is 0 Å². The van der Waals surface area contributed by atoms with E-state index in [4.69, 9.17) is 5.41 Å². The van der Waals surface area contributed by atoms with Crippen LogP contribution in [0.3, 0.4) is 0 Å². The van der Waals surface area contributed by atoms with Gasteiger partial charge in [0, 0.05) is 30.1 Å². The molecule has 2 nitrogen and oxygen atoms in total. The van der Waals surface area contributed by atoms with Gasteiger partial charge in [-0.3, -0.25) is 4.99 Å². The number of rotatable bonds is 1. The van der Waals surface area contributed by atoms with Crippen molar-refractivity contribution in [2.24, 2.45) is 4.99 Å². The third-order valence-corrected chi connectivity index (χ3v) is 1.18. The average molecular weight is 120 g/mol. The second-order valence-corrected chi connectivity index (χ2v) is 1.80. The smallest absolute Gasteiger partial charge is 0.0454 e. The molecule has 0 fully saturated rings. The molecule has 1 aliphatic rings. The molecule has 0 aromatic rings. The lowest BCUT2D eigenvalue weighted by molar-refractivity contribution is 1.35. The topological polar surface area (TPSA) is 36.2 Å². The van der Waals surface area contributed by atoms with E-state index in [-0.39, 0.29) is 0 Å². The summed E-state index contributed by atoms with van der Waals surface area (Å²) in [6.45, 7) is 3.55. The maximum Gasteiger partial charge on any atom is 0.0454 e. The van der Waals surface area contributed by atoms with Gasteiger partial charge in [-0.25, -0.2) is 0 Å². The molecule has 0 unspecified atom stereocenters. The molecule has 1 aliphatic heterocycles. The molecule has 0 spiro atoms. The van der Waals surface area contributed by atoms with Gasteiger partial charge in [-0.05, 0) is 0 Å². The minimum atomic E-state index is 0.597. The SMILES string of the molecule is C=CC1=CN=CCC1=N. The lowest BCUT2D eigenvalue weighted by Crippen LogP contribution is -2.02. The Labute approximate surface area is 54.1 Å². The van der Waals surface area contributed by atoms with Gasteiger partial charge >= 0.3 is 0 Å². The van der Waals surface area contributed by atoms with Gasteiger partial charge in [0.25, 0.3) is 0 Å². The van der Waals surface area contributed by atoms with Crippen molar-refractivity contribution >= 4 is 11.9 Å². The molecule has 0 bridgehead atoms. The Kier molecular flexibility index (Phi) is 1.58. The number of hydrogen-bond donors (Lipinski definition) is 1. The highest BCUT2D eigenvalue weighted by Gasteiger charge is 2.01. The van der Waals surface area contributed by atoms with Crippen LogP contribution in [-0.4, -0.2) is 11.9 Å². The molecule has 1 rings (SSSR count). The second kappa shape index (κ2) is 2.40. The quantitative estimate of drug-likeness (QED) is 0.545. The molecule has 9 heavy (non-hydrogen) atoms. The summed E-state index contributed by atoms with van der Waals surface area (Å²) in [6, 6.07) is 0. The summed E-state index contributed by atoms with van der Waals surface area (Å²) in [5, 5.41) is 7.32. The third kappa shape index (κ3) is 1.13. The minimum Gasteiger partial charge on any atom is -0.304 e. The molecular weight excluding hydrogens is 112 g/mol. The van der Waals surface area contributed by atoms with Crippen molar-refractivity contribution in [1.29, 1.82) is 5.41 Å². The zero-order valence-electron chi connectivity index (χ0n) is 5.09. The number of nitrogens with zero attached hydrogens (tertiary/aromatic N) is 1. The first kappa shape index (κ1) is 5.95. The molecule has 46 valence electrons. The van der Waals surface area contributed by atoms with Crippen LogP contribution in [0.1, 0.15) is 6.42 Å². The maximum atomic E-state index is 7.32. The second-order valence-electron chi connectivity index (χ2n) is 1.80. The van der Waals surface area contributed by atoms with E-state index in [1.807, 2.05) is 0 Å². The average Bonchev–Trinajstić information content (AvgIpc) is 1.89. The molecule has 0 atom stereocenters. The summed E-state index contributed by atoms with van der Waals surface area (Å²) in [5.74, 6) is 0. The zero-order chi connectivity index (χ0) is 6.69. The number of allylic oxidation sites excluding steroid dienone is 2. The van der Waals surface area contributed by atoms with E-state index in [1.54, 1.807) is 18.5 Å². The summed E-state index contributed by atoms with van der Waals surface area (Å²) >= 11 is 0. The Morgan fingerprint density at radius 3 is 3.00 bits per heavy atom. The van der Waals surface area contributed by atoms with E-state index < -0.39 is 0 Å². The normalized spacial score (nSPS) is 17.3. The molecule has 1 N–H and O–H groups in total. The molecular formula is C7H8N2. The lowest BCUT2D eigenvalue weighted by atomic mass is 10.1. The fourth-order valence-corrected chi connectivity index (χ4v) is 0.649. The van der Waals surface area contributed by atoms with Gasteiger partial charge in [-0.1, -0.05) is 12.7 Å². The van der Waals surface area contributed by atoms with Gasteiger partial charge in [-0.15, -0.1) is 0 Å². The fraction of sp³-hybridized carbons (Fsp3) is 0.143. The van der Waals surface area contributed by atoms with Crippen molar-refractivity contribution < 1.29 is 0 Å². The first-order valence-electron chi connectivity index (χ1n) is 2.76. The van der Waals surface area contributed by atoms with E-state index in [2.05, 4.69) is 11.6 Å². The fourth-order valence-electron chi connectivity index (χ4n) is 0.649. The first-order valence-corrected chi connectivity index (χ1v) is 2.76. The molecule has 0 aliphatic carbocycles. The molecule has 0 amide bonds. The molecule has 2 heteroatoms. The van der Waals surface area contributed by atoms with Gasteiger partial charge in [0.2, 0.25) is 0 Å². The Morgan fingerprint density at radius 2 is 2.56 bits per heavy atom. The van der Waals surface area contributed by atoms with Gasteiger partial charge < -0.3 is 5.41 Å². The molecule has 1 heterocycles. The van der Waals surface area contributed by atoms with E-state index in [9.17, 15) is 0 Å². The Balaban J connectivity index is 2.86. The van der Waals surface area contributed by atoms with Crippen LogP contribution in [-0.2, 0) is 0 Å². The molecule has 0 radical (unpaired) electrons. The Bertz CT molecular complexity index is 199. The van der Waals surface area contributed by atoms with E-state index in [1.165, 1.54) is 0 Å². The summed E-state index contributed by atoms with van der Waals surface area (Å²) in [7, 11) is 0. The number of hydrogen-bond acceptors (Lipinski definition) is 2. The van der Waals surface area contributed by atoms with Crippen LogP contribution in [0, 0.1) is 5.41 Å². The molecule has 0 saturated heterocycles. The highest BCUT2D eigenvalue weighted by atomic mass is 14.7. The molecule has 0 aromatic heterocycles. The Hall–Kier alpha value is -1.18. The van der Waals surface area contributed by atoms with Crippen LogP contribution in [0.2, 0.25) is 0 Å². The van der Waals surface area contributed by atoms with Crippen molar-refractivity contribution in [2.75, 3.05) is 0 Å². The van der Waals surface area contributed by atoms with Crippen molar-refractivity contribution in [2.45, 2.75) is 6.42 Å². The van der Waals surface area contributed by atoms with Gasteiger partial charge in [-0.2, -0.15) is 0 Å². The van der Waals surface area contributed by atoms with Crippen LogP contribution in [0.25, 0.3) is 0 Å². The summed E-state index contributed by atoms with van der Waals surface area (Å²) in [4.78, 5) is 3.88. The number of aliphatic imine (C=N–C) groups is 1. The number of nitrogens with one attached hydrogen (secondary N) is 1. The lowest BCUT2D eigenvalue weighted by Gasteiger charge is -2.02. The van der Waals surface area contributed by atoms with Crippen LogP contribution < -0.4 is 0 Å². The highest BCUT2D eigenvalue weighted by Crippen LogP contribution is 2.04. The van der Waals surface area contributed by atoms with Crippen LogP contribution in [0.15, 0.2) is 29.4 Å². The highest BCUT2D eigenvalue weighted by molar-refractivity contribution is 6.08. The van der Waals surface area contributed by atoms with E-state index >= 15 is 0 Å². The predicted molar refractivity (Wildman–Crippen MR) is 39.1 cm³/mol. The monoisotopic (exact) mass is 120 g/mol. The van der Waals surface area contributed by atoms with Gasteiger partial charge in [0.15, 0.2) is 0 Å². The van der Waals surface area contributed by atoms with Gasteiger partial charge in [0.1, 0.15) is 0 Å². The minimum absolute atomic E-state index is 0.597. The molecule has 0 aromatic carbocycles. The standard InChI is InChI=1S/C7H8N2/c1-2-6-5-9-4-3-7(6)8/h2,4-5,8H,1,3H2. The van der Waals surface area contributed by atoms with E-state index in [0.717, 1.165) is 5.57 Å². The predicted octanol–water partition coefficient (Wildman–Crippen LogP) is 1.55. The largest absolute Gasteiger partial charge is 0.304 e. The zero-order valence-corrected chi connectivity index (χ0v) is 5.09. The van der Waals surface area contributed by atoms with Crippen LogP contribution in [0.4, 0.5) is 0 Å². The van der Waals surface area contributed by atoms with Crippen molar-refractivity contribution in [3.05, 3.63) is 24.4 Å². The van der Waals surface area contributed by atoms with Crippen LogP contribution in [0.5, 0.6) is 0 Å². The van der Waals surface area contributed by atoms with Crippen molar-refractivity contribution in [3.63, 3.8) is 0 Å². The Morgan fingerprint density at radius 1 is 1.78 bits per heavy atom.